The molecule has 4 nitrogen and oxygen atoms in total. The van der Waals surface area contributed by atoms with Crippen molar-refractivity contribution in [3.63, 3.8) is 0 Å². The molecule has 0 saturated heterocycles. The summed E-state index contributed by atoms with van der Waals surface area (Å²) in [6.07, 6.45) is 4.50. The first-order chi connectivity index (χ1) is 10.1. The minimum absolute atomic E-state index is 0.132. The van der Waals surface area contributed by atoms with Crippen molar-refractivity contribution in [3.05, 3.63) is 29.8 Å². The number of carboxylic acids is 1. The molecule has 21 heavy (non-hydrogen) atoms. The van der Waals surface area contributed by atoms with Crippen LogP contribution in [0.5, 0.6) is 5.75 Å². The minimum Gasteiger partial charge on any atom is -0.494 e. The van der Waals surface area contributed by atoms with Gasteiger partial charge in [-0.15, -0.1) is 0 Å². The molecule has 1 aromatic rings. The van der Waals surface area contributed by atoms with Crippen LogP contribution in [0.1, 0.15) is 37.7 Å². The van der Waals surface area contributed by atoms with E-state index in [0.29, 0.717) is 12.6 Å². The molecule has 0 atom stereocenters. The SMILES string of the molecule is Cc1cccc(OCCCNC2CCC(C(=O)O)CC2)c1. The van der Waals surface area contributed by atoms with Crippen molar-refractivity contribution in [1.82, 2.24) is 5.32 Å². The Labute approximate surface area is 126 Å². The summed E-state index contributed by atoms with van der Waals surface area (Å²) in [5, 5.41) is 12.5. The maximum absolute atomic E-state index is 10.9. The smallest absolute Gasteiger partial charge is 0.306 e. The molecule has 0 bridgehead atoms. The lowest BCUT2D eigenvalue weighted by atomic mass is 9.86. The minimum atomic E-state index is -0.639. The van der Waals surface area contributed by atoms with Gasteiger partial charge < -0.3 is 15.2 Å². The number of carbonyl (C=O) groups is 1. The van der Waals surface area contributed by atoms with E-state index < -0.39 is 5.97 Å². The van der Waals surface area contributed by atoms with Gasteiger partial charge in [-0.1, -0.05) is 12.1 Å². The van der Waals surface area contributed by atoms with Gasteiger partial charge in [-0.05, 0) is 63.3 Å². The molecule has 0 aromatic heterocycles. The highest BCUT2D eigenvalue weighted by atomic mass is 16.5. The van der Waals surface area contributed by atoms with Gasteiger partial charge in [-0.3, -0.25) is 4.79 Å². The van der Waals surface area contributed by atoms with Crippen molar-refractivity contribution < 1.29 is 14.6 Å². The van der Waals surface area contributed by atoms with E-state index in [4.69, 9.17) is 9.84 Å². The molecule has 116 valence electrons. The molecule has 2 rings (SSSR count). The van der Waals surface area contributed by atoms with Crippen molar-refractivity contribution in [2.45, 2.75) is 45.1 Å². The van der Waals surface area contributed by atoms with Crippen molar-refractivity contribution in [2.75, 3.05) is 13.2 Å². The van der Waals surface area contributed by atoms with Crippen LogP contribution in [0.2, 0.25) is 0 Å². The van der Waals surface area contributed by atoms with Crippen LogP contribution < -0.4 is 10.1 Å². The molecule has 1 aliphatic carbocycles. The van der Waals surface area contributed by atoms with Crippen LogP contribution in [0.15, 0.2) is 24.3 Å². The second kappa shape index (κ2) is 8.03. The van der Waals surface area contributed by atoms with E-state index >= 15 is 0 Å². The summed E-state index contributed by atoms with van der Waals surface area (Å²) in [6, 6.07) is 8.56. The van der Waals surface area contributed by atoms with E-state index in [9.17, 15) is 4.79 Å². The highest BCUT2D eigenvalue weighted by Gasteiger charge is 2.25. The summed E-state index contributed by atoms with van der Waals surface area (Å²) >= 11 is 0. The van der Waals surface area contributed by atoms with Crippen molar-refractivity contribution in [1.29, 1.82) is 0 Å². The van der Waals surface area contributed by atoms with E-state index in [2.05, 4.69) is 18.3 Å². The lowest BCUT2D eigenvalue weighted by Crippen LogP contribution is -2.35. The number of aliphatic carboxylic acids is 1. The molecular formula is C17H25NO3. The third kappa shape index (κ3) is 5.38. The zero-order valence-corrected chi connectivity index (χ0v) is 12.7. The summed E-state index contributed by atoms with van der Waals surface area (Å²) in [6.45, 7) is 3.69. The number of ether oxygens (including phenoxy) is 1. The van der Waals surface area contributed by atoms with Crippen LogP contribution in [0, 0.1) is 12.8 Å². The summed E-state index contributed by atoms with van der Waals surface area (Å²) < 4.78 is 5.71. The van der Waals surface area contributed by atoms with Gasteiger partial charge in [0.1, 0.15) is 5.75 Å². The monoisotopic (exact) mass is 291 g/mol. The fourth-order valence-corrected chi connectivity index (χ4v) is 2.82. The maximum atomic E-state index is 10.9. The van der Waals surface area contributed by atoms with E-state index in [1.807, 2.05) is 18.2 Å². The molecule has 0 amide bonds. The second-order valence-electron chi connectivity index (χ2n) is 5.86. The largest absolute Gasteiger partial charge is 0.494 e. The summed E-state index contributed by atoms with van der Waals surface area (Å²) in [5.74, 6) is 0.157. The number of nitrogens with one attached hydrogen (secondary N) is 1. The van der Waals surface area contributed by atoms with Crippen LogP contribution in [0.4, 0.5) is 0 Å². The van der Waals surface area contributed by atoms with E-state index in [0.717, 1.165) is 44.4 Å². The fraction of sp³-hybridized carbons (Fsp3) is 0.588. The zero-order chi connectivity index (χ0) is 15.1. The average molecular weight is 291 g/mol. The Morgan fingerprint density at radius 2 is 2.10 bits per heavy atom. The van der Waals surface area contributed by atoms with Crippen molar-refractivity contribution in [3.8, 4) is 5.75 Å². The Kier molecular flexibility index (Phi) is 6.05. The fourth-order valence-electron chi connectivity index (χ4n) is 2.82. The van der Waals surface area contributed by atoms with Gasteiger partial charge in [0.15, 0.2) is 0 Å². The van der Waals surface area contributed by atoms with Gasteiger partial charge >= 0.3 is 5.97 Å². The normalized spacial score (nSPS) is 22.0. The number of benzene rings is 1. The molecule has 0 radical (unpaired) electrons. The van der Waals surface area contributed by atoms with E-state index in [1.165, 1.54) is 5.56 Å². The molecule has 0 aliphatic heterocycles. The lowest BCUT2D eigenvalue weighted by Gasteiger charge is -2.26. The molecule has 1 aromatic carbocycles. The molecule has 2 N–H and O–H groups in total. The summed E-state index contributed by atoms with van der Waals surface area (Å²) in [5.41, 5.74) is 1.21. The van der Waals surface area contributed by atoms with Crippen LogP contribution in [0.25, 0.3) is 0 Å². The third-order valence-corrected chi connectivity index (χ3v) is 4.09. The molecule has 0 spiro atoms. The van der Waals surface area contributed by atoms with Crippen LogP contribution in [-0.2, 0) is 4.79 Å². The predicted octanol–water partition coefficient (Wildman–Crippen LogP) is 3.00. The quantitative estimate of drug-likeness (QED) is 0.758. The van der Waals surface area contributed by atoms with Gasteiger partial charge in [-0.25, -0.2) is 0 Å². The van der Waals surface area contributed by atoms with E-state index in [-0.39, 0.29) is 5.92 Å². The Morgan fingerprint density at radius 3 is 2.76 bits per heavy atom. The Morgan fingerprint density at radius 1 is 1.33 bits per heavy atom. The lowest BCUT2D eigenvalue weighted by molar-refractivity contribution is -0.142. The highest BCUT2D eigenvalue weighted by molar-refractivity contribution is 5.70. The van der Waals surface area contributed by atoms with Gasteiger partial charge in [0, 0.05) is 6.04 Å². The van der Waals surface area contributed by atoms with Gasteiger partial charge in [0.05, 0.1) is 12.5 Å². The maximum Gasteiger partial charge on any atom is 0.306 e. The number of hydrogen-bond acceptors (Lipinski definition) is 3. The molecular weight excluding hydrogens is 266 g/mol. The number of rotatable bonds is 7. The Bertz CT molecular complexity index is 453. The second-order valence-corrected chi connectivity index (χ2v) is 5.86. The van der Waals surface area contributed by atoms with Crippen molar-refractivity contribution >= 4 is 5.97 Å². The van der Waals surface area contributed by atoms with E-state index in [1.54, 1.807) is 0 Å². The first kappa shape index (κ1) is 15.8. The molecule has 0 unspecified atom stereocenters. The van der Waals surface area contributed by atoms with Crippen LogP contribution in [0.3, 0.4) is 0 Å². The molecule has 1 fully saturated rings. The zero-order valence-electron chi connectivity index (χ0n) is 12.7. The number of aryl methyl sites for hydroxylation is 1. The highest BCUT2D eigenvalue weighted by Crippen LogP contribution is 2.24. The first-order valence-corrected chi connectivity index (χ1v) is 7.81. The molecule has 1 aliphatic rings. The summed E-state index contributed by atoms with van der Waals surface area (Å²) in [4.78, 5) is 10.9. The number of hydrogen-bond donors (Lipinski definition) is 2. The third-order valence-electron chi connectivity index (χ3n) is 4.09. The predicted molar refractivity (Wildman–Crippen MR) is 82.7 cm³/mol. The topological polar surface area (TPSA) is 58.6 Å². The van der Waals surface area contributed by atoms with Gasteiger partial charge in [0.2, 0.25) is 0 Å². The number of carboxylic acid groups (broad SMARTS) is 1. The summed E-state index contributed by atoms with van der Waals surface area (Å²) in [7, 11) is 0. The average Bonchev–Trinajstić information content (AvgIpc) is 2.47. The molecule has 0 heterocycles. The standard InChI is InChI=1S/C17H25NO3/c1-13-4-2-5-16(12-13)21-11-3-10-18-15-8-6-14(7-9-15)17(19)20/h2,4-5,12,14-15,18H,3,6-11H2,1H3,(H,19,20). The Balaban J connectivity index is 1.55. The van der Waals surface area contributed by atoms with Crippen molar-refractivity contribution in [2.24, 2.45) is 5.92 Å². The van der Waals surface area contributed by atoms with Gasteiger partial charge in [-0.2, -0.15) is 0 Å². The van der Waals surface area contributed by atoms with Crippen LogP contribution >= 0.6 is 0 Å². The van der Waals surface area contributed by atoms with Crippen LogP contribution in [-0.4, -0.2) is 30.3 Å². The Hall–Kier alpha value is -1.55. The molecule has 1 saturated carbocycles. The van der Waals surface area contributed by atoms with Gasteiger partial charge in [0.25, 0.3) is 0 Å². The first-order valence-electron chi connectivity index (χ1n) is 7.81. The molecule has 4 heteroatoms.